The molecule has 0 N–H and O–H groups in total. The number of rotatable bonds is 3. The van der Waals surface area contributed by atoms with Crippen LogP contribution in [0.4, 0.5) is 16.2 Å². The maximum absolute atomic E-state index is 13.1. The number of imide groups is 2. The Labute approximate surface area is 174 Å². The van der Waals surface area contributed by atoms with Gasteiger partial charge in [0.1, 0.15) is 11.3 Å². The standard InChI is InChI=1S/C21H13IN2O4/c22-18-12-11-16(28-18)13-17-19(25)23(14-7-3-1-4-8-14)21(27)24(20(17)26)15-9-5-2-6-10-15/h1-13H. The maximum atomic E-state index is 13.1. The first-order valence-electron chi connectivity index (χ1n) is 8.36. The number of urea groups is 1. The Morgan fingerprint density at radius 3 is 1.64 bits per heavy atom. The minimum absolute atomic E-state index is 0.155. The summed E-state index contributed by atoms with van der Waals surface area (Å²) in [6, 6.07) is 19.7. The van der Waals surface area contributed by atoms with E-state index in [1.165, 1.54) is 6.08 Å². The number of barbiturate groups is 1. The molecule has 0 spiro atoms. The molecule has 0 aliphatic carbocycles. The summed E-state index contributed by atoms with van der Waals surface area (Å²) in [7, 11) is 0. The molecule has 1 fully saturated rings. The van der Waals surface area contributed by atoms with E-state index in [0.717, 1.165) is 9.80 Å². The van der Waals surface area contributed by atoms with Crippen molar-refractivity contribution in [1.82, 2.24) is 0 Å². The zero-order valence-electron chi connectivity index (χ0n) is 14.4. The van der Waals surface area contributed by atoms with Crippen LogP contribution in [0.25, 0.3) is 6.08 Å². The molecule has 2 heterocycles. The van der Waals surface area contributed by atoms with Gasteiger partial charge in [-0.2, -0.15) is 0 Å². The van der Waals surface area contributed by atoms with Crippen molar-refractivity contribution in [2.45, 2.75) is 0 Å². The van der Waals surface area contributed by atoms with Crippen LogP contribution in [0.3, 0.4) is 0 Å². The Morgan fingerprint density at radius 2 is 1.21 bits per heavy atom. The Kier molecular flexibility index (Phi) is 4.82. The van der Waals surface area contributed by atoms with Gasteiger partial charge in [0, 0.05) is 0 Å². The fraction of sp³-hybridized carbons (Fsp3) is 0. The maximum Gasteiger partial charge on any atom is 0.343 e. The molecule has 0 radical (unpaired) electrons. The van der Waals surface area contributed by atoms with Gasteiger partial charge in [-0.1, -0.05) is 36.4 Å². The summed E-state index contributed by atoms with van der Waals surface area (Å²) < 4.78 is 6.10. The Bertz CT molecular complexity index is 1030. The molecule has 1 aliphatic heterocycles. The van der Waals surface area contributed by atoms with Crippen molar-refractivity contribution in [3.05, 3.63) is 87.9 Å². The molecule has 0 unspecified atom stereocenters. The quantitative estimate of drug-likeness (QED) is 0.313. The summed E-state index contributed by atoms with van der Waals surface area (Å²) in [5.74, 6) is -1.03. The van der Waals surface area contributed by atoms with Crippen molar-refractivity contribution in [1.29, 1.82) is 0 Å². The van der Waals surface area contributed by atoms with Crippen LogP contribution in [0.1, 0.15) is 5.76 Å². The second kappa shape index (κ2) is 7.43. The largest absolute Gasteiger partial charge is 0.451 e. The molecule has 4 amide bonds. The van der Waals surface area contributed by atoms with E-state index in [1.807, 2.05) is 22.6 Å². The molecular weight excluding hydrogens is 471 g/mol. The van der Waals surface area contributed by atoms with Gasteiger partial charge in [0.05, 0.1) is 11.4 Å². The molecule has 2 aromatic carbocycles. The Balaban J connectivity index is 1.86. The SMILES string of the molecule is O=C1C(=Cc2ccc(I)o2)C(=O)N(c2ccccc2)C(=O)N1c1ccccc1. The first-order valence-corrected chi connectivity index (χ1v) is 9.44. The third-order valence-corrected chi connectivity index (χ3v) is 4.74. The summed E-state index contributed by atoms with van der Waals surface area (Å²) in [4.78, 5) is 41.3. The van der Waals surface area contributed by atoms with Crippen LogP contribution in [0, 0.1) is 3.77 Å². The summed E-state index contributed by atoms with van der Waals surface area (Å²) in [5.41, 5.74) is 0.606. The number of halogens is 1. The number of para-hydroxylation sites is 2. The molecule has 1 aromatic heterocycles. The summed E-state index contributed by atoms with van der Waals surface area (Å²) in [6.07, 6.45) is 1.37. The minimum Gasteiger partial charge on any atom is -0.451 e. The molecular formula is C21H13IN2O4. The van der Waals surface area contributed by atoms with Crippen LogP contribution in [0.15, 0.2) is 82.8 Å². The molecule has 1 saturated heterocycles. The number of furan rings is 1. The smallest absolute Gasteiger partial charge is 0.343 e. The van der Waals surface area contributed by atoms with Crippen molar-refractivity contribution in [3.63, 3.8) is 0 Å². The van der Waals surface area contributed by atoms with Gasteiger partial charge >= 0.3 is 6.03 Å². The number of hydrogen-bond acceptors (Lipinski definition) is 4. The van der Waals surface area contributed by atoms with Gasteiger partial charge in [0.25, 0.3) is 11.8 Å². The molecule has 4 rings (SSSR count). The minimum atomic E-state index is -0.724. The first kappa shape index (κ1) is 18.2. The van der Waals surface area contributed by atoms with Crippen molar-refractivity contribution in [2.75, 3.05) is 9.80 Å². The zero-order chi connectivity index (χ0) is 19.7. The van der Waals surface area contributed by atoms with Crippen molar-refractivity contribution in [2.24, 2.45) is 0 Å². The fourth-order valence-corrected chi connectivity index (χ4v) is 3.32. The van der Waals surface area contributed by atoms with E-state index < -0.39 is 17.8 Å². The van der Waals surface area contributed by atoms with Crippen LogP contribution in [0.5, 0.6) is 0 Å². The van der Waals surface area contributed by atoms with Crippen LogP contribution >= 0.6 is 22.6 Å². The van der Waals surface area contributed by atoms with E-state index >= 15 is 0 Å². The lowest BCUT2D eigenvalue weighted by Gasteiger charge is -2.33. The molecule has 28 heavy (non-hydrogen) atoms. The van der Waals surface area contributed by atoms with Gasteiger partial charge in [-0.05, 0) is 65.1 Å². The van der Waals surface area contributed by atoms with Gasteiger partial charge in [0.15, 0.2) is 3.77 Å². The highest BCUT2D eigenvalue weighted by Crippen LogP contribution is 2.29. The van der Waals surface area contributed by atoms with Gasteiger partial charge in [-0.25, -0.2) is 14.6 Å². The Hall–Kier alpha value is -3.20. The zero-order valence-corrected chi connectivity index (χ0v) is 16.6. The van der Waals surface area contributed by atoms with Gasteiger partial charge in [-0.3, -0.25) is 9.59 Å². The number of benzene rings is 2. The third-order valence-electron chi connectivity index (χ3n) is 4.16. The first-order chi connectivity index (χ1) is 13.6. The number of carbonyl (C=O) groups excluding carboxylic acids is 3. The molecule has 0 saturated carbocycles. The van der Waals surface area contributed by atoms with Crippen molar-refractivity contribution in [3.8, 4) is 0 Å². The molecule has 3 aromatic rings. The predicted octanol–water partition coefficient (Wildman–Crippen LogP) is 4.47. The van der Waals surface area contributed by atoms with Crippen molar-refractivity contribution >= 4 is 57.9 Å². The van der Waals surface area contributed by atoms with Crippen LogP contribution in [0.2, 0.25) is 0 Å². The monoisotopic (exact) mass is 484 g/mol. The molecule has 0 atom stereocenters. The van der Waals surface area contributed by atoms with E-state index in [4.69, 9.17) is 4.42 Å². The Morgan fingerprint density at radius 1 is 0.714 bits per heavy atom. The number of hydrogen-bond donors (Lipinski definition) is 0. The van der Waals surface area contributed by atoms with E-state index in [1.54, 1.807) is 72.8 Å². The van der Waals surface area contributed by atoms with Crippen LogP contribution in [-0.4, -0.2) is 17.8 Å². The summed E-state index contributed by atoms with van der Waals surface area (Å²) >= 11 is 1.99. The second-order valence-electron chi connectivity index (χ2n) is 5.93. The second-order valence-corrected chi connectivity index (χ2v) is 7.00. The fourth-order valence-electron chi connectivity index (χ4n) is 2.89. The average Bonchev–Trinajstić information content (AvgIpc) is 3.12. The molecule has 7 heteroatoms. The van der Waals surface area contributed by atoms with Gasteiger partial charge < -0.3 is 4.42 Å². The van der Waals surface area contributed by atoms with E-state index in [9.17, 15) is 14.4 Å². The summed E-state index contributed by atoms with van der Waals surface area (Å²) in [6.45, 7) is 0. The lowest BCUT2D eigenvalue weighted by molar-refractivity contribution is -0.121. The highest BCUT2D eigenvalue weighted by atomic mass is 127. The van der Waals surface area contributed by atoms with E-state index in [-0.39, 0.29) is 5.57 Å². The normalized spacial score (nSPS) is 14.6. The van der Waals surface area contributed by atoms with Crippen LogP contribution < -0.4 is 9.80 Å². The van der Waals surface area contributed by atoms with Gasteiger partial charge in [-0.15, -0.1) is 0 Å². The molecule has 1 aliphatic rings. The molecule has 138 valence electrons. The molecule has 0 bridgehead atoms. The number of amides is 4. The number of nitrogens with zero attached hydrogens (tertiary/aromatic N) is 2. The third kappa shape index (κ3) is 3.24. The topological polar surface area (TPSA) is 70.8 Å². The number of carbonyl (C=O) groups is 3. The van der Waals surface area contributed by atoms with Crippen LogP contribution in [-0.2, 0) is 9.59 Å². The highest BCUT2D eigenvalue weighted by Gasteiger charge is 2.43. The van der Waals surface area contributed by atoms with Gasteiger partial charge in [0.2, 0.25) is 0 Å². The number of anilines is 2. The molecule has 6 nitrogen and oxygen atoms in total. The summed E-state index contributed by atoms with van der Waals surface area (Å²) in [5, 5.41) is 0. The highest BCUT2D eigenvalue weighted by molar-refractivity contribution is 14.1. The van der Waals surface area contributed by atoms with E-state index in [0.29, 0.717) is 20.9 Å². The predicted molar refractivity (Wildman–Crippen MR) is 113 cm³/mol. The lowest BCUT2D eigenvalue weighted by atomic mass is 10.1. The van der Waals surface area contributed by atoms with Crippen molar-refractivity contribution < 1.29 is 18.8 Å². The average molecular weight is 484 g/mol. The lowest BCUT2D eigenvalue weighted by Crippen LogP contribution is -2.57. The van der Waals surface area contributed by atoms with E-state index in [2.05, 4.69) is 0 Å².